The minimum Gasteiger partial charge on any atom is -0.382 e. The lowest BCUT2D eigenvalue weighted by atomic mass is 10.1. The number of fused-ring (bicyclic) bond motifs is 2. The van der Waals surface area contributed by atoms with Crippen molar-refractivity contribution in [3.8, 4) is 0 Å². The summed E-state index contributed by atoms with van der Waals surface area (Å²) in [5, 5.41) is 0.0374. The summed E-state index contributed by atoms with van der Waals surface area (Å²) in [7, 11) is 0. The van der Waals surface area contributed by atoms with E-state index < -0.39 is 12.0 Å². The van der Waals surface area contributed by atoms with Gasteiger partial charge in [0.15, 0.2) is 28.6 Å². The molecule has 0 saturated carbocycles. The van der Waals surface area contributed by atoms with Crippen LogP contribution in [0, 0.1) is 0 Å². The highest BCUT2D eigenvalue weighted by molar-refractivity contribution is 8.13. The van der Waals surface area contributed by atoms with Gasteiger partial charge in [0, 0.05) is 12.7 Å². The van der Waals surface area contributed by atoms with Crippen molar-refractivity contribution in [3.63, 3.8) is 0 Å². The third kappa shape index (κ3) is 2.88. The van der Waals surface area contributed by atoms with Crippen molar-refractivity contribution in [1.82, 2.24) is 19.5 Å². The quantitative estimate of drug-likeness (QED) is 0.854. The van der Waals surface area contributed by atoms with Gasteiger partial charge >= 0.3 is 0 Å². The fourth-order valence-electron chi connectivity index (χ4n) is 3.27. The van der Waals surface area contributed by atoms with E-state index in [1.807, 2.05) is 13.8 Å². The lowest BCUT2D eigenvalue weighted by Gasteiger charge is -2.24. The highest BCUT2D eigenvalue weighted by Gasteiger charge is 2.56. The Bertz CT molecular complexity index is 825. The number of nitrogens with two attached hydrogens (primary N) is 1. The monoisotopic (exact) mass is 365 g/mol. The summed E-state index contributed by atoms with van der Waals surface area (Å²) < 4.78 is 20.0. The van der Waals surface area contributed by atoms with Gasteiger partial charge in [0.1, 0.15) is 24.1 Å². The van der Waals surface area contributed by atoms with Gasteiger partial charge in [-0.05, 0) is 13.8 Å². The van der Waals surface area contributed by atoms with E-state index in [4.69, 9.17) is 19.9 Å². The zero-order chi connectivity index (χ0) is 17.8. The summed E-state index contributed by atoms with van der Waals surface area (Å²) in [6.07, 6.45) is 1.66. The van der Waals surface area contributed by atoms with Crippen molar-refractivity contribution in [1.29, 1.82) is 0 Å². The van der Waals surface area contributed by atoms with Crippen LogP contribution in [-0.4, -0.2) is 54.5 Å². The van der Waals surface area contributed by atoms with Crippen LogP contribution in [0.5, 0.6) is 0 Å². The van der Waals surface area contributed by atoms with Gasteiger partial charge in [-0.2, -0.15) is 0 Å². The Balaban J connectivity index is 1.68. The molecular formula is C15H19N5O4S. The molecule has 25 heavy (non-hydrogen) atoms. The number of nitrogen functional groups attached to an aromatic ring is 1. The van der Waals surface area contributed by atoms with E-state index in [1.165, 1.54) is 25.0 Å². The second-order valence-corrected chi connectivity index (χ2v) is 7.71. The molecule has 10 heteroatoms. The maximum absolute atomic E-state index is 11.3. The van der Waals surface area contributed by atoms with Gasteiger partial charge in [-0.25, -0.2) is 15.0 Å². The predicted molar refractivity (Wildman–Crippen MR) is 90.6 cm³/mol. The van der Waals surface area contributed by atoms with E-state index in [0.29, 0.717) is 22.7 Å². The van der Waals surface area contributed by atoms with Gasteiger partial charge in [0.25, 0.3) is 0 Å². The molecule has 2 saturated heterocycles. The number of anilines is 1. The normalized spacial score (nSPS) is 30.7. The molecule has 2 aliphatic rings. The van der Waals surface area contributed by atoms with Crippen molar-refractivity contribution in [2.24, 2.45) is 0 Å². The fourth-order valence-corrected chi connectivity index (χ4v) is 3.94. The van der Waals surface area contributed by atoms with E-state index in [-0.39, 0.29) is 23.4 Å². The number of hydrogen-bond acceptors (Lipinski definition) is 9. The lowest BCUT2D eigenvalue weighted by Crippen LogP contribution is -2.31. The van der Waals surface area contributed by atoms with Crippen LogP contribution in [0.15, 0.2) is 12.7 Å². The Morgan fingerprint density at radius 3 is 2.84 bits per heavy atom. The van der Waals surface area contributed by atoms with Gasteiger partial charge < -0.3 is 19.9 Å². The largest absolute Gasteiger partial charge is 0.382 e. The average Bonchev–Trinajstić information content (AvgIpc) is 3.17. The third-order valence-corrected chi connectivity index (χ3v) is 5.14. The molecule has 0 unspecified atom stereocenters. The van der Waals surface area contributed by atoms with Crippen LogP contribution in [0.2, 0.25) is 0 Å². The van der Waals surface area contributed by atoms with Crippen LogP contribution in [0.25, 0.3) is 11.2 Å². The topological polar surface area (TPSA) is 114 Å². The van der Waals surface area contributed by atoms with Crippen molar-refractivity contribution in [2.75, 3.05) is 11.5 Å². The van der Waals surface area contributed by atoms with E-state index in [0.717, 1.165) is 0 Å². The standard InChI is InChI=1S/C15H19N5O4S/c1-7(21)25-4-8-10-11(24-15(2,3)23-10)14(22-8)20-6-19-9-12(16)17-5-18-13(9)20/h5-6,8,10-11,14H,4H2,1-3H3,(H2,16,17,18)/t8-,10-,11-,14-/m1/s1. The smallest absolute Gasteiger partial charge is 0.185 e. The number of ether oxygens (including phenoxy) is 3. The molecule has 4 atom stereocenters. The highest BCUT2D eigenvalue weighted by Crippen LogP contribution is 2.44. The van der Waals surface area contributed by atoms with Crippen molar-refractivity contribution in [3.05, 3.63) is 12.7 Å². The summed E-state index contributed by atoms with van der Waals surface area (Å²) in [5.74, 6) is 0.0859. The molecule has 0 spiro atoms. The molecule has 2 fully saturated rings. The Kier molecular flexibility index (Phi) is 3.95. The van der Waals surface area contributed by atoms with Crippen molar-refractivity contribution in [2.45, 2.75) is 51.1 Å². The maximum atomic E-state index is 11.3. The summed E-state index contributed by atoms with van der Waals surface area (Å²) in [6, 6.07) is 0. The first-order chi connectivity index (χ1) is 11.9. The summed E-state index contributed by atoms with van der Waals surface area (Å²) in [4.78, 5) is 23.8. The third-order valence-electron chi connectivity index (χ3n) is 4.24. The predicted octanol–water partition coefficient (Wildman–Crippen LogP) is 1.11. The number of carbonyl (C=O) groups excluding carboxylic acids is 1. The molecule has 4 rings (SSSR count). The first-order valence-corrected chi connectivity index (χ1v) is 8.92. The zero-order valence-corrected chi connectivity index (χ0v) is 14.9. The van der Waals surface area contributed by atoms with Crippen LogP contribution >= 0.6 is 11.8 Å². The van der Waals surface area contributed by atoms with Gasteiger partial charge in [0.05, 0.1) is 12.4 Å². The molecular weight excluding hydrogens is 346 g/mol. The average molecular weight is 365 g/mol. The number of carbonyl (C=O) groups is 1. The number of thioether (sulfide) groups is 1. The molecule has 0 bridgehead atoms. The molecule has 4 heterocycles. The van der Waals surface area contributed by atoms with Gasteiger partial charge in [-0.1, -0.05) is 11.8 Å². The molecule has 0 aliphatic carbocycles. The molecule has 2 aromatic heterocycles. The second-order valence-electron chi connectivity index (χ2n) is 6.52. The van der Waals surface area contributed by atoms with Gasteiger partial charge in [0.2, 0.25) is 0 Å². The number of aromatic nitrogens is 4. The van der Waals surface area contributed by atoms with Crippen molar-refractivity contribution < 1.29 is 19.0 Å². The molecule has 0 amide bonds. The van der Waals surface area contributed by atoms with Gasteiger partial charge in [-0.3, -0.25) is 9.36 Å². The molecule has 0 aromatic carbocycles. The number of imidazole rings is 1. The summed E-state index contributed by atoms with van der Waals surface area (Å²) >= 11 is 1.21. The first-order valence-electron chi connectivity index (χ1n) is 7.93. The Hall–Kier alpha value is -1.75. The summed E-state index contributed by atoms with van der Waals surface area (Å²) in [6.45, 7) is 5.26. The second kappa shape index (κ2) is 5.90. The molecule has 0 radical (unpaired) electrons. The lowest BCUT2D eigenvalue weighted by molar-refractivity contribution is -0.193. The first kappa shape index (κ1) is 16.7. The SMILES string of the molecule is CC(=O)SC[C@H]1O[C@@H](n2cnc3c(N)ncnc32)[C@@H]2OC(C)(C)O[C@@H]21. The zero-order valence-electron chi connectivity index (χ0n) is 14.1. The van der Waals surface area contributed by atoms with Gasteiger partial charge in [-0.15, -0.1) is 0 Å². The molecule has 2 aliphatic heterocycles. The Morgan fingerprint density at radius 2 is 2.08 bits per heavy atom. The molecule has 134 valence electrons. The minimum absolute atomic E-state index is 0.0374. The molecule has 2 N–H and O–H groups in total. The summed E-state index contributed by atoms with van der Waals surface area (Å²) in [5.41, 5.74) is 6.95. The fraction of sp³-hybridized carbons (Fsp3) is 0.600. The van der Waals surface area contributed by atoms with Crippen molar-refractivity contribution >= 4 is 33.9 Å². The van der Waals surface area contributed by atoms with E-state index in [1.54, 1.807) is 10.9 Å². The minimum atomic E-state index is -0.721. The van der Waals surface area contributed by atoms with Crippen LogP contribution in [0.1, 0.15) is 27.0 Å². The molecule has 9 nitrogen and oxygen atoms in total. The number of rotatable bonds is 3. The van der Waals surface area contributed by atoms with Crippen LogP contribution in [0.4, 0.5) is 5.82 Å². The van der Waals surface area contributed by atoms with E-state index in [9.17, 15) is 4.79 Å². The highest BCUT2D eigenvalue weighted by atomic mass is 32.2. The molecule has 2 aromatic rings. The van der Waals surface area contributed by atoms with Crippen LogP contribution in [0.3, 0.4) is 0 Å². The Labute approximate surface area is 148 Å². The Morgan fingerprint density at radius 1 is 1.32 bits per heavy atom. The van der Waals surface area contributed by atoms with Crippen LogP contribution in [-0.2, 0) is 19.0 Å². The maximum Gasteiger partial charge on any atom is 0.185 e. The number of nitrogens with zero attached hydrogens (tertiary/aromatic N) is 4. The van der Waals surface area contributed by atoms with E-state index >= 15 is 0 Å². The van der Waals surface area contributed by atoms with E-state index in [2.05, 4.69) is 15.0 Å². The number of hydrogen-bond donors (Lipinski definition) is 1. The van der Waals surface area contributed by atoms with Crippen LogP contribution < -0.4 is 5.73 Å².